The number of benzene rings is 3. The van der Waals surface area contributed by atoms with Gasteiger partial charge in [-0.1, -0.05) is 47.1 Å². The summed E-state index contributed by atoms with van der Waals surface area (Å²) in [6, 6.07) is 19.2. The predicted octanol–water partition coefficient (Wildman–Crippen LogP) is 5.20. The predicted molar refractivity (Wildman–Crippen MR) is 149 cm³/mol. The van der Waals surface area contributed by atoms with Crippen molar-refractivity contribution >= 4 is 38.3 Å². The Bertz CT molecular complexity index is 1870. The van der Waals surface area contributed by atoms with Crippen LogP contribution in [0.4, 0.5) is 4.39 Å². The Balaban J connectivity index is 1.30. The van der Waals surface area contributed by atoms with Gasteiger partial charge in [0.05, 0.1) is 17.0 Å². The minimum atomic E-state index is -4.64. The number of nitrogens with one attached hydrogen (secondary N) is 2. The number of aromatic carboxylic acids is 1. The van der Waals surface area contributed by atoms with Crippen molar-refractivity contribution in [3.05, 3.63) is 112 Å². The molecular formula is C29H24ClFN4O5S. The van der Waals surface area contributed by atoms with Gasteiger partial charge >= 0.3 is 5.97 Å². The van der Waals surface area contributed by atoms with Crippen molar-refractivity contribution in [2.24, 2.45) is 5.92 Å². The monoisotopic (exact) mass is 594 g/mol. The van der Waals surface area contributed by atoms with Gasteiger partial charge in [0.2, 0.25) is 9.84 Å². The Morgan fingerprint density at radius 1 is 1.10 bits per heavy atom. The molecule has 0 radical (unpaired) electrons. The van der Waals surface area contributed by atoms with Crippen LogP contribution in [-0.4, -0.2) is 34.6 Å². The highest BCUT2D eigenvalue weighted by atomic mass is 35.5. The molecule has 2 aromatic heterocycles. The van der Waals surface area contributed by atoms with Gasteiger partial charge in [-0.25, -0.2) is 17.6 Å². The summed E-state index contributed by atoms with van der Waals surface area (Å²) in [7, 11) is -4.64. The van der Waals surface area contributed by atoms with E-state index >= 15 is 4.39 Å². The Labute approximate surface area is 239 Å². The first-order valence-corrected chi connectivity index (χ1v) is 14.7. The maximum absolute atomic E-state index is 17.4. The first-order chi connectivity index (χ1) is 19.7. The number of carboxylic acid groups (broad SMARTS) is 1. The second-order valence-electron chi connectivity index (χ2n) is 9.96. The van der Waals surface area contributed by atoms with E-state index in [9.17, 15) is 18.3 Å². The van der Waals surface area contributed by atoms with Crippen LogP contribution >= 0.6 is 11.6 Å². The van der Waals surface area contributed by atoms with Gasteiger partial charge in [0, 0.05) is 34.1 Å². The number of hydrogen-bond acceptors (Lipinski definition) is 7. The van der Waals surface area contributed by atoms with Gasteiger partial charge in [0.15, 0.2) is 5.82 Å². The summed E-state index contributed by atoms with van der Waals surface area (Å²) in [6.45, 7) is 0.316. The van der Waals surface area contributed by atoms with Gasteiger partial charge in [-0.05, 0) is 66.4 Å². The smallest absolute Gasteiger partial charge is 0.335 e. The number of fused-ring (bicyclic) bond motifs is 3. The maximum Gasteiger partial charge on any atom is 0.335 e. The Morgan fingerprint density at radius 2 is 1.90 bits per heavy atom. The van der Waals surface area contributed by atoms with E-state index in [4.69, 9.17) is 16.1 Å². The molecular weight excluding hydrogens is 571 g/mol. The molecule has 9 nitrogen and oxygen atoms in total. The molecule has 0 fully saturated rings. The highest BCUT2D eigenvalue weighted by Gasteiger charge is 2.59. The van der Waals surface area contributed by atoms with Gasteiger partial charge in [-0.15, -0.1) is 0 Å². The highest BCUT2D eigenvalue weighted by Crippen LogP contribution is 2.49. The lowest BCUT2D eigenvalue weighted by atomic mass is 9.98. The number of aromatic nitrogens is 3. The fraction of sp³-hybridized carbons (Fsp3) is 0.207. The van der Waals surface area contributed by atoms with Crippen molar-refractivity contribution < 1.29 is 27.2 Å². The van der Waals surface area contributed by atoms with E-state index in [-0.39, 0.29) is 42.2 Å². The molecule has 1 aliphatic rings. The zero-order valence-corrected chi connectivity index (χ0v) is 23.0. The van der Waals surface area contributed by atoms with E-state index in [1.807, 2.05) is 6.07 Å². The van der Waals surface area contributed by atoms with E-state index in [0.29, 0.717) is 10.6 Å². The molecule has 0 saturated heterocycles. The molecule has 1 aliphatic carbocycles. The number of carboxylic acids is 1. The fourth-order valence-corrected chi connectivity index (χ4v) is 7.34. The summed E-state index contributed by atoms with van der Waals surface area (Å²) in [5, 5.41) is 14.4. The van der Waals surface area contributed by atoms with Crippen LogP contribution in [0.2, 0.25) is 5.02 Å². The van der Waals surface area contributed by atoms with Crippen LogP contribution < -0.4 is 5.32 Å². The van der Waals surface area contributed by atoms with Crippen molar-refractivity contribution in [2.45, 2.75) is 35.8 Å². The Morgan fingerprint density at radius 3 is 2.68 bits per heavy atom. The number of rotatable bonds is 9. The minimum Gasteiger partial charge on any atom is -0.478 e. The lowest BCUT2D eigenvalue weighted by molar-refractivity contribution is 0.0696. The van der Waals surface area contributed by atoms with Crippen molar-refractivity contribution in [2.75, 3.05) is 0 Å². The number of alkyl halides is 1. The van der Waals surface area contributed by atoms with E-state index in [0.717, 1.165) is 22.2 Å². The van der Waals surface area contributed by atoms with Crippen LogP contribution in [0.25, 0.3) is 10.9 Å². The van der Waals surface area contributed by atoms with Crippen LogP contribution in [0.1, 0.15) is 38.9 Å². The number of nitrogens with zero attached hydrogens (tertiary/aromatic N) is 2. The van der Waals surface area contributed by atoms with E-state index in [1.165, 1.54) is 36.4 Å². The van der Waals surface area contributed by atoms with Crippen LogP contribution in [0.15, 0.2) is 82.2 Å². The molecule has 5 aromatic rings. The first-order valence-electron chi connectivity index (χ1n) is 12.8. The topological polar surface area (TPSA) is 138 Å². The van der Waals surface area contributed by atoms with Crippen LogP contribution in [0.3, 0.4) is 0 Å². The number of carbonyl (C=O) groups is 1. The summed E-state index contributed by atoms with van der Waals surface area (Å²) >= 11 is 6.21. The zero-order valence-electron chi connectivity index (χ0n) is 21.5. The highest BCUT2D eigenvalue weighted by molar-refractivity contribution is 7.92. The molecule has 2 unspecified atom stereocenters. The summed E-state index contributed by atoms with van der Waals surface area (Å²) < 4.78 is 50.6. The Kier molecular flexibility index (Phi) is 6.88. The number of aromatic amines is 1. The molecule has 41 heavy (non-hydrogen) atoms. The largest absolute Gasteiger partial charge is 0.478 e. The molecule has 0 amide bonds. The number of halogens is 2. The number of hydrogen-bond donors (Lipinski definition) is 3. The average molecular weight is 595 g/mol. The Hall–Kier alpha value is -4.06. The summed E-state index contributed by atoms with van der Waals surface area (Å²) in [6.07, 6.45) is 0.230. The van der Waals surface area contributed by atoms with Gasteiger partial charge in [0.25, 0.3) is 10.9 Å². The van der Waals surface area contributed by atoms with E-state index in [2.05, 4.69) is 20.4 Å². The first kappa shape index (κ1) is 27.1. The SMILES string of the molecule is O=C(O)c1cccc(CNCc2noc(C(F)(C3Cc4[nH]c5ccc(Cl)cc5c4C3)S(=O)(=O)c3ccccc3)n2)c1. The maximum atomic E-state index is 17.4. The molecule has 2 atom stereocenters. The van der Waals surface area contributed by atoms with Crippen LogP contribution in [-0.2, 0) is 40.8 Å². The van der Waals surface area contributed by atoms with Crippen molar-refractivity contribution in [1.82, 2.24) is 20.4 Å². The third-order valence-electron chi connectivity index (χ3n) is 7.37. The molecule has 210 valence electrons. The molecule has 0 aliphatic heterocycles. The van der Waals surface area contributed by atoms with Gasteiger partial charge in [-0.2, -0.15) is 4.98 Å². The summed E-state index contributed by atoms with van der Waals surface area (Å²) in [5.74, 6) is -2.66. The van der Waals surface area contributed by atoms with Crippen LogP contribution in [0, 0.1) is 5.92 Å². The van der Waals surface area contributed by atoms with E-state index < -0.39 is 32.6 Å². The second-order valence-corrected chi connectivity index (χ2v) is 12.5. The third kappa shape index (κ3) is 4.79. The third-order valence-corrected chi connectivity index (χ3v) is 9.79. The molecule has 3 N–H and O–H groups in total. The van der Waals surface area contributed by atoms with Crippen molar-refractivity contribution in [3.8, 4) is 0 Å². The molecule has 2 heterocycles. The average Bonchev–Trinajstić information content (AvgIpc) is 3.69. The zero-order chi connectivity index (χ0) is 28.8. The molecule has 0 saturated carbocycles. The lowest BCUT2D eigenvalue weighted by Gasteiger charge is -2.27. The number of H-pyrrole nitrogens is 1. The van der Waals surface area contributed by atoms with Crippen molar-refractivity contribution in [3.63, 3.8) is 0 Å². The normalized spacial score (nSPS) is 16.5. The molecule has 0 spiro atoms. The van der Waals surface area contributed by atoms with Gasteiger partial charge < -0.3 is 19.9 Å². The lowest BCUT2D eigenvalue weighted by Crippen LogP contribution is -2.40. The molecule has 3 aromatic carbocycles. The fourth-order valence-electron chi connectivity index (χ4n) is 5.39. The molecule has 12 heteroatoms. The van der Waals surface area contributed by atoms with Crippen LogP contribution in [0.5, 0.6) is 0 Å². The van der Waals surface area contributed by atoms with Gasteiger partial charge in [0.1, 0.15) is 0 Å². The van der Waals surface area contributed by atoms with Crippen molar-refractivity contribution in [1.29, 1.82) is 0 Å². The molecule has 0 bridgehead atoms. The standard InChI is InChI=1S/C29H24ClFN4O5S/c30-20-9-10-24-23(14-20)22-12-19(13-25(22)33-24)29(31,41(38,39)21-7-2-1-3-8-21)28-34-26(35-40-28)16-32-15-17-5-4-6-18(11-17)27(36)37/h1-11,14,19,32-33H,12-13,15-16H2,(H,36,37). The summed E-state index contributed by atoms with van der Waals surface area (Å²) in [4.78, 5) is 18.5. The van der Waals surface area contributed by atoms with Gasteiger partial charge in [-0.3, -0.25) is 0 Å². The number of sulfone groups is 1. The van der Waals surface area contributed by atoms with E-state index in [1.54, 1.807) is 30.3 Å². The molecule has 6 rings (SSSR count). The quantitative estimate of drug-likeness (QED) is 0.212. The minimum absolute atomic E-state index is 0.0368. The summed E-state index contributed by atoms with van der Waals surface area (Å²) in [5.41, 5.74) is 3.24. The second kappa shape index (κ2) is 10.4.